The van der Waals surface area contributed by atoms with Gasteiger partial charge in [-0.1, -0.05) is 35.9 Å². The van der Waals surface area contributed by atoms with E-state index in [0.29, 0.717) is 5.02 Å². The first-order valence-corrected chi connectivity index (χ1v) is 10.6. The Morgan fingerprint density at radius 3 is 2.61 bits per heavy atom. The fraction of sp³-hybridized carbons (Fsp3) is 0.240. The van der Waals surface area contributed by atoms with Gasteiger partial charge >= 0.3 is 0 Å². The smallest absolute Gasteiger partial charge is 0.213 e. The van der Waals surface area contributed by atoms with Crippen LogP contribution in [0.3, 0.4) is 0 Å². The van der Waals surface area contributed by atoms with Gasteiger partial charge in [-0.2, -0.15) is 5.10 Å². The minimum atomic E-state index is -0.307. The number of nitrogens with zero attached hydrogens (tertiary/aromatic N) is 3. The van der Waals surface area contributed by atoms with Crippen LogP contribution >= 0.6 is 11.6 Å². The van der Waals surface area contributed by atoms with Crippen molar-refractivity contribution in [1.82, 2.24) is 5.01 Å². The van der Waals surface area contributed by atoms with E-state index in [-0.39, 0.29) is 12.3 Å². The molecule has 3 aromatic rings. The van der Waals surface area contributed by atoms with Crippen molar-refractivity contribution in [3.05, 3.63) is 88.4 Å². The van der Waals surface area contributed by atoms with Gasteiger partial charge in [-0.05, 0) is 42.5 Å². The summed E-state index contributed by atoms with van der Waals surface area (Å²) < 4.78 is 11.8. The lowest BCUT2D eigenvalue weighted by Crippen LogP contribution is -2.33. The van der Waals surface area contributed by atoms with Gasteiger partial charge in [0.15, 0.2) is 0 Å². The molecule has 0 saturated carbocycles. The van der Waals surface area contributed by atoms with Crippen LogP contribution in [0.25, 0.3) is 0 Å². The second-order valence-electron chi connectivity index (χ2n) is 8.02. The fourth-order valence-electron chi connectivity index (χ4n) is 4.19. The molecule has 0 amide bonds. The average molecular weight is 434 g/mol. The van der Waals surface area contributed by atoms with E-state index in [1.54, 1.807) is 7.11 Å². The Kier molecular flexibility index (Phi) is 4.98. The molecule has 2 heterocycles. The van der Waals surface area contributed by atoms with Gasteiger partial charge in [-0.15, -0.1) is 0 Å². The summed E-state index contributed by atoms with van der Waals surface area (Å²) >= 11 is 6.33. The van der Waals surface area contributed by atoms with Crippen LogP contribution in [-0.2, 0) is 0 Å². The molecule has 5 rings (SSSR count). The van der Waals surface area contributed by atoms with Gasteiger partial charge < -0.3 is 14.4 Å². The molecule has 0 fully saturated rings. The summed E-state index contributed by atoms with van der Waals surface area (Å²) in [6, 6.07) is 22.3. The second kappa shape index (κ2) is 7.82. The Hall–Kier alpha value is -3.18. The minimum Gasteiger partial charge on any atom is -0.497 e. The van der Waals surface area contributed by atoms with Crippen LogP contribution in [0.5, 0.6) is 11.5 Å². The number of hydrazone groups is 1. The summed E-state index contributed by atoms with van der Waals surface area (Å²) in [6.45, 7) is 0. The Bertz CT molecular complexity index is 1140. The fourth-order valence-corrected chi connectivity index (χ4v) is 4.37. The monoisotopic (exact) mass is 433 g/mol. The van der Waals surface area contributed by atoms with Crippen LogP contribution in [-0.4, -0.2) is 31.9 Å². The maximum atomic E-state index is 6.44. The van der Waals surface area contributed by atoms with E-state index in [4.69, 9.17) is 26.2 Å². The normalized spacial score (nSPS) is 19.2. The van der Waals surface area contributed by atoms with Crippen molar-refractivity contribution < 1.29 is 9.47 Å². The second-order valence-corrected chi connectivity index (χ2v) is 8.45. The van der Waals surface area contributed by atoms with Crippen LogP contribution in [0.2, 0.25) is 5.02 Å². The number of hydrogen-bond donors (Lipinski definition) is 0. The Balaban J connectivity index is 1.57. The molecule has 2 aliphatic heterocycles. The molecule has 5 nitrogen and oxygen atoms in total. The molecule has 0 aliphatic carbocycles. The van der Waals surface area contributed by atoms with Gasteiger partial charge in [0.05, 0.1) is 18.9 Å². The van der Waals surface area contributed by atoms with E-state index in [2.05, 4.69) is 40.2 Å². The molecule has 2 atom stereocenters. The molecule has 3 aromatic carbocycles. The third-order valence-corrected chi connectivity index (χ3v) is 6.08. The van der Waals surface area contributed by atoms with Crippen LogP contribution in [0.4, 0.5) is 5.69 Å². The van der Waals surface area contributed by atoms with E-state index >= 15 is 0 Å². The summed E-state index contributed by atoms with van der Waals surface area (Å²) in [6.07, 6.45) is 0.467. The summed E-state index contributed by atoms with van der Waals surface area (Å²) in [5.41, 5.74) is 5.33. The Morgan fingerprint density at radius 1 is 1.06 bits per heavy atom. The lowest BCUT2D eigenvalue weighted by molar-refractivity contribution is -0.0190. The SMILES string of the molecule is COc1cccc(C2=NN3[C@@H](C2)c2cc(Cl)ccc2O[C@H]3c2ccc(N(C)C)cc2)c1. The van der Waals surface area contributed by atoms with Gasteiger partial charge in [0, 0.05) is 47.9 Å². The topological polar surface area (TPSA) is 37.3 Å². The van der Waals surface area contributed by atoms with Gasteiger partial charge in [-0.3, -0.25) is 0 Å². The van der Waals surface area contributed by atoms with Crippen LogP contribution in [0.15, 0.2) is 71.8 Å². The van der Waals surface area contributed by atoms with Crippen LogP contribution in [0, 0.1) is 0 Å². The third-order valence-electron chi connectivity index (χ3n) is 5.85. The quantitative estimate of drug-likeness (QED) is 0.532. The number of benzene rings is 3. The lowest BCUT2D eigenvalue weighted by Gasteiger charge is -2.38. The number of hydrogen-bond acceptors (Lipinski definition) is 5. The van der Waals surface area contributed by atoms with Gasteiger partial charge in [0.1, 0.15) is 11.5 Å². The molecule has 0 unspecified atom stereocenters. The highest BCUT2D eigenvalue weighted by Crippen LogP contribution is 2.48. The highest BCUT2D eigenvalue weighted by atomic mass is 35.5. The summed E-state index contributed by atoms with van der Waals surface area (Å²) in [4.78, 5) is 2.08. The molecule has 0 spiro atoms. The zero-order valence-corrected chi connectivity index (χ0v) is 18.5. The molecule has 0 bridgehead atoms. The first-order chi connectivity index (χ1) is 15.0. The Labute approximate surface area is 187 Å². The zero-order valence-electron chi connectivity index (χ0n) is 17.7. The van der Waals surface area contributed by atoms with E-state index < -0.39 is 0 Å². The third kappa shape index (κ3) is 3.59. The maximum absolute atomic E-state index is 6.44. The first-order valence-electron chi connectivity index (χ1n) is 10.3. The minimum absolute atomic E-state index is 0.0576. The van der Waals surface area contributed by atoms with E-state index in [1.165, 1.54) is 0 Å². The number of rotatable bonds is 4. The molecular weight excluding hydrogens is 410 g/mol. The van der Waals surface area contributed by atoms with Crippen molar-refractivity contribution in [2.24, 2.45) is 5.10 Å². The lowest BCUT2D eigenvalue weighted by atomic mass is 9.96. The van der Waals surface area contributed by atoms with E-state index in [0.717, 1.165) is 46.0 Å². The van der Waals surface area contributed by atoms with Gasteiger partial charge in [-0.25, -0.2) is 5.01 Å². The number of halogens is 1. The molecule has 2 aliphatic rings. The summed E-state index contributed by atoms with van der Waals surface area (Å²) in [5.74, 6) is 1.68. The first kappa shape index (κ1) is 19.8. The van der Waals surface area contributed by atoms with Crippen LogP contribution < -0.4 is 14.4 Å². The highest BCUT2D eigenvalue weighted by Gasteiger charge is 2.41. The highest BCUT2D eigenvalue weighted by molar-refractivity contribution is 6.30. The van der Waals surface area contributed by atoms with Crippen LogP contribution in [0.1, 0.15) is 35.4 Å². The van der Waals surface area contributed by atoms with Crippen molar-refractivity contribution >= 4 is 23.0 Å². The standard InChI is InChI=1S/C25H24ClN3O2/c1-28(2)19-10-7-16(8-11-19)25-29-23(21-14-18(26)9-12-24(21)31-25)15-22(27-29)17-5-4-6-20(13-17)30-3/h4-14,23,25H,15H2,1-3H3/t23-,25-/m0/s1. The van der Waals surface area contributed by atoms with Gasteiger partial charge in [0.2, 0.25) is 6.23 Å². The zero-order chi connectivity index (χ0) is 21.5. The Morgan fingerprint density at radius 2 is 1.87 bits per heavy atom. The van der Waals surface area contributed by atoms with Crippen molar-refractivity contribution in [3.8, 4) is 11.5 Å². The van der Waals surface area contributed by atoms with E-state index in [9.17, 15) is 0 Å². The predicted octanol–water partition coefficient (Wildman–Crippen LogP) is 5.66. The molecule has 0 saturated heterocycles. The number of fused-ring (bicyclic) bond motifs is 3. The molecule has 0 N–H and O–H groups in total. The molecule has 31 heavy (non-hydrogen) atoms. The summed E-state index contributed by atoms with van der Waals surface area (Å²) in [7, 11) is 5.75. The summed E-state index contributed by atoms with van der Waals surface area (Å²) in [5, 5.41) is 7.78. The van der Waals surface area contributed by atoms with E-state index in [1.807, 2.05) is 50.5 Å². The number of methoxy groups -OCH3 is 1. The maximum Gasteiger partial charge on any atom is 0.213 e. The molecule has 0 aromatic heterocycles. The molecule has 158 valence electrons. The van der Waals surface area contributed by atoms with Crippen molar-refractivity contribution in [1.29, 1.82) is 0 Å². The predicted molar refractivity (Wildman–Crippen MR) is 124 cm³/mol. The molecule has 0 radical (unpaired) electrons. The average Bonchev–Trinajstić information content (AvgIpc) is 3.25. The number of ether oxygens (including phenoxy) is 2. The molecular formula is C25H24ClN3O2. The van der Waals surface area contributed by atoms with Crippen molar-refractivity contribution in [2.75, 3.05) is 26.1 Å². The largest absolute Gasteiger partial charge is 0.497 e. The van der Waals surface area contributed by atoms with Crippen molar-refractivity contribution in [2.45, 2.75) is 18.7 Å². The van der Waals surface area contributed by atoms with Gasteiger partial charge in [0.25, 0.3) is 0 Å². The number of anilines is 1. The van der Waals surface area contributed by atoms with Crippen molar-refractivity contribution in [3.63, 3.8) is 0 Å². The molecule has 6 heteroatoms.